The van der Waals surface area contributed by atoms with Gasteiger partial charge in [-0.25, -0.2) is 0 Å². The Bertz CT molecular complexity index is 418. The van der Waals surface area contributed by atoms with Crippen LogP contribution in [0.4, 0.5) is 0 Å². The number of aliphatic hydroxyl groups excluding tert-OH is 2. The largest absolute Gasteiger partial charge is 0.489 e. The van der Waals surface area contributed by atoms with Crippen molar-refractivity contribution < 1.29 is 14.9 Å². The molecule has 3 N–H and O–H groups in total. The topological polar surface area (TPSA) is 61.7 Å². The van der Waals surface area contributed by atoms with Crippen LogP contribution in [-0.4, -0.2) is 42.6 Å². The molecule has 1 aromatic carbocycles. The van der Waals surface area contributed by atoms with Gasteiger partial charge in [-0.3, -0.25) is 0 Å². The lowest BCUT2D eigenvalue weighted by molar-refractivity contribution is 0.106. The number of hydrogen-bond donors (Lipinski definition) is 3. The molecule has 0 aliphatic heterocycles. The van der Waals surface area contributed by atoms with E-state index in [0.717, 1.165) is 19.4 Å². The highest BCUT2D eigenvalue weighted by atomic mass is 35.5. The van der Waals surface area contributed by atoms with E-state index in [-0.39, 0.29) is 13.2 Å². The number of rotatable bonds is 10. The molecule has 0 radical (unpaired) electrons. The van der Waals surface area contributed by atoms with E-state index in [9.17, 15) is 5.11 Å². The SMILES string of the molecule is CC(CO)CCCNCC(O)COc1ccc(Cl)cc1Cl. The number of benzene rings is 1. The lowest BCUT2D eigenvalue weighted by atomic mass is 10.1. The maximum absolute atomic E-state index is 9.81. The van der Waals surface area contributed by atoms with Crippen LogP contribution in [0.2, 0.25) is 10.0 Å². The van der Waals surface area contributed by atoms with Gasteiger partial charge >= 0.3 is 0 Å². The van der Waals surface area contributed by atoms with Gasteiger partial charge in [-0.15, -0.1) is 0 Å². The first-order valence-corrected chi connectivity index (χ1v) is 7.86. The summed E-state index contributed by atoms with van der Waals surface area (Å²) in [5.74, 6) is 0.837. The second-order valence-corrected chi connectivity index (χ2v) is 6.02. The Morgan fingerprint density at radius 2 is 2.10 bits per heavy atom. The van der Waals surface area contributed by atoms with Crippen LogP contribution < -0.4 is 10.1 Å². The molecule has 21 heavy (non-hydrogen) atoms. The molecule has 120 valence electrons. The molecule has 4 nitrogen and oxygen atoms in total. The Hall–Kier alpha value is -0.520. The van der Waals surface area contributed by atoms with E-state index >= 15 is 0 Å². The zero-order valence-electron chi connectivity index (χ0n) is 12.2. The van der Waals surface area contributed by atoms with Crippen LogP contribution >= 0.6 is 23.2 Å². The average molecular weight is 336 g/mol. The van der Waals surface area contributed by atoms with Crippen LogP contribution in [0, 0.1) is 5.92 Å². The minimum absolute atomic E-state index is 0.168. The predicted octanol–water partition coefficient (Wildman–Crippen LogP) is 2.73. The van der Waals surface area contributed by atoms with Gasteiger partial charge in [-0.05, 0) is 43.5 Å². The van der Waals surface area contributed by atoms with Crippen LogP contribution in [-0.2, 0) is 0 Å². The second-order valence-electron chi connectivity index (χ2n) is 5.17. The molecule has 2 atom stereocenters. The van der Waals surface area contributed by atoms with Crippen molar-refractivity contribution in [1.29, 1.82) is 0 Å². The van der Waals surface area contributed by atoms with E-state index < -0.39 is 6.10 Å². The third-order valence-electron chi connectivity index (χ3n) is 3.07. The van der Waals surface area contributed by atoms with E-state index in [4.69, 9.17) is 33.0 Å². The predicted molar refractivity (Wildman–Crippen MR) is 86.3 cm³/mol. The van der Waals surface area contributed by atoms with Gasteiger partial charge in [0.2, 0.25) is 0 Å². The molecule has 0 aliphatic carbocycles. The monoisotopic (exact) mass is 335 g/mol. The number of halogens is 2. The fourth-order valence-electron chi connectivity index (χ4n) is 1.77. The van der Waals surface area contributed by atoms with Crippen molar-refractivity contribution >= 4 is 23.2 Å². The van der Waals surface area contributed by atoms with Crippen molar-refractivity contribution in [1.82, 2.24) is 5.32 Å². The summed E-state index contributed by atoms with van der Waals surface area (Å²) in [5, 5.41) is 22.9. The Labute approximate surface area is 136 Å². The zero-order valence-corrected chi connectivity index (χ0v) is 13.7. The third kappa shape index (κ3) is 7.88. The molecule has 0 aromatic heterocycles. The van der Waals surface area contributed by atoms with Crippen LogP contribution in [0.3, 0.4) is 0 Å². The number of nitrogens with one attached hydrogen (secondary N) is 1. The first kappa shape index (κ1) is 18.5. The van der Waals surface area contributed by atoms with Gasteiger partial charge in [0.15, 0.2) is 0 Å². The fourth-order valence-corrected chi connectivity index (χ4v) is 2.24. The minimum Gasteiger partial charge on any atom is -0.489 e. The van der Waals surface area contributed by atoms with Gasteiger partial charge in [0.25, 0.3) is 0 Å². The molecular weight excluding hydrogens is 313 g/mol. The molecular formula is C15H23Cl2NO3. The van der Waals surface area contributed by atoms with E-state index in [1.165, 1.54) is 0 Å². The lowest BCUT2D eigenvalue weighted by Gasteiger charge is -2.14. The van der Waals surface area contributed by atoms with E-state index in [1.807, 2.05) is 6.92 Å². The van der Waals surface area contributed by atoms with Crippen LogP contribution in [0.1, 0.15) is 19.8 Å². The molecule has 0 fully saturated rings. The van der Waals surface area contributed by atoms with Gasteiger partial charge in [-0.1, -0.05) is 30.1 Å². The molecule has 1 aromatic rings. The van der Waals surface area contributed by atoms with Crippen molar-refractivity contribution in [3.63, 3.8) is 0 Å². The Morgan fingerprint density at radius 3 is 2.76 bits per heavy atom. The van der Waals surface area contributed by atoms with E-state index in [1.54, 1.807) is 18.2 Å². The average Bonchev–Trinajstić information content (AvgIpc) is 2.45. The summed E-state index contributed by atoms with van der Waals surface area (Å²) < 4.78 is 5.45. The number of hydrogen-bond acceptors (Lipinski definition) is 4. The minimum atomic E-state index is -0.605. The van der Waals surface area contributed by atoms with Gasteiger partial charge in [0.05, 0.1) is 5.02 Å². The van der Waals surface area contributed by atoms with Gasteiger partial charge in [0, 0.05) is 18.2 Å². The quantitative estimate of drug-likeness (QED) is 0.575. The maximum Gasteiger partial charge on any atom is 0.138 e. The van der Waals surface area contributed by atoms with Gasteiger partial charge in [-0.2, -0.15) is 0 Å². The molecule has 0 spiro atoms. The van der Waals surface area contributed by atoms with Gasteiger partial charge in [0.1, 0.15) is 18.5 Å². The second kappa shape index (κ2) is 10.2. The van der Waals surface area contributed by atoms with Crippen molar-refractivity contribution in [3.05, 3.63) is 28.2 Å². The van der Waals surface area contributed by atoms with Crippen LogP contribution in [0.25, 0.3) is 0 Å². The lowest BCUT2D eigenvalue weighted by Crippen LogP contribution is -2.32. The number of ether oxygens (including phenoxy) is 1. The maximum atomic E-state index is 9.81. The molecule has 0 amide bonds. The standard InChI is InChI=1S/C15H23Cl2NO3/c1-11(9-19)3-2-6-18-8-13(20)10-21-15-5-4-12(16)7-14(15)17/h4-5,7,11,13,18-20H,2-3,6,8-10H2,1H3. The highest BCUT2D eigenvalue weighted by molar-refractivity contribution is 6.35. The summed E-state index contributed by atoms with van der Waals surface area (Å²) in [7, 11) is 0. The molecule has 6 heteroatoms. The Morgan fingerprint density at radius 1 is 1.33 bits per heavy atom. The third-order valence-corrected chi connectivity index (χ3v) is 3.60. The summed E-state index contributed by atoms with van der Waals surface area (Å²) in [4.78, 5) is 0. The van der Waals surface area contributed by atoms with Crippen molar-refractivity contribution in [2.45, 2.75) is 25.9 Å². The normalized spacial score (nSPS) is 14.0. The highest BCUT2D eigenvalue weighted by Gasteiger charge is 2.08. The molecule has 0 bridgehead atoms. The molecule has 2 unspecified atom stereocenters. The molecule has 0 heterocycles. The smallest absolute Gasteiger partial charge is 0.138 e. The molecule has 1 rings (SSSR count). The summed E-state index contributed by atoms with van der Waals surface area (Å²) in [5.41, 5.74) is 0. The highest BCUT2D eigenvalue weighted by Crippen LogP contribution is 2.27. The fraction of sp³-hybridized carbons (Fsp3) is 0.600. The van der Waals surface area contributed by atoms with Crippen molar-refractivity contribution in [2.24, 2.45) is 5.92 Å². The summed E-state index contributed by atoms with van der Waals surface area (Å²) in [6.07, 6.45) is 1.33. The summed E-state index contributed by atoms with van der Waals surface area (Å²) in [6.45, 7) is 3.67. The number of aliphatic hydroxyl groups is 2. The first-order chi connectivity index (χ1) is 10.0. The van der Waals surface area contributed by atoms with Crippen LogP contribution in [0.5, 0.6) is 5.75 Å². The van der Waals surface area contributed by atoms with E-state index in [0.29, 0.717) is 28.3 Å². The van der Waals surface area contributed by atoms with Gasteiger partial charge < -0.3 is 20.3 Å². The molecule has 0 aliphatic rings. The summed E-state index contributed by atoms with van der Waals surface area (Å²) >= 11 is 11.8. The van der Waals surface area contributed by atoms with Crippen LogP contribution in [0.15, 0.2) is 18.2 Å². The van der Waals surface area contributed by atoms with Crippen molar-refractivity contribution in [2.75, 3.05) is 26.3 Å². The summed E-state index contributed by atoms with van der Waals surface area (Å²) in [6, 6.07) is 4.97. The zero-order chi connectivity index (χ0) is 15.7. The molecule has 0 saturated heterocycles. The molecule has 0 saturated carbocycles. The van der Waals surface area contributed by atoms with Crippen molar-refractivity contribution in [3.8, 4) is 5.75 Å². The Balaban J connectivity index is 2.15. The Kier molecular flexibility index (Phi) is 9.04. The van der Waals surface area contributed by atoms with E-state index in [2.05, 4.69) is 5.32 Å². The first-order valence-electron chi connectivity index (χ1n) is 7.10.